The van der Waals surface area contributed by atoms with Gasteiger partial charge >= 0.3 is 5.97 Å². The highest BCUT2D eigenvalue weighted by atomic mass is 16.5. The molecule has 1 aromatic heterocycles. The monoisotopic (exact) mass is 323 g/mol. The number of aromatic nitrogens is 1. The molecule has 3 aromatic rings. The molecule has 2 aromatic carbocycles. The molecule has 0 amide bonds. The van der Waals surface area contributed by atoms with Crippen molar-refractivity contribution >= 4 is 16.9 Å². The van der Waals surface area contributed by atoms with Crippen LogP contribution in [-0.4, -0.2) is 36.4 Å². The Morgan fingerprint density at radius 3 is 2.50 bits per heavy atom. The maximum Gasteiger partial charge on any atom is 0.336 e. The average Bonchev–Trinajstić information content (AvgIpc) is 2.61. The lowest BCUT2D eigenvalue weighted by atomic mass is 10.0. The molecule has 0 bridgehead atoms. The van der Waals surface area contributed by atoms with Crippen LogP contribution in [0, 0.1) is 0 Å². The smallest absolute Gasteiger partial charge is 0.336 e. The number of carboxylic acid groups (broad SMARTS) is 1. The van der Waals surface area contributed by atoms with Gasteiger partial charge in [0, 0.05) is 18.7 Å². The molecule has 0 atom stereocenters. The van der Waals surface area contributed by atoms with E-state index in [2.05, 4.69) is 4.98 Å². The highest BCUT2D eigenvalue weighted by Crippen LogP contribution is 2.27. The minimum atomic E-state index is -0.957. The van der Waals surface area contributed by atoms with Crippen LogP contribution in [0.2, 0.25) is 0 Å². The number of aromatic carboxylic acids is 1. The van der Waals surface area contributed by atoms with E-state index in [1.807, 2.05) is 42.5 Å². The second-order valence-electron chi connectivity index (χ2n) is 5.26. The molecule has 0 radical (unpaired) electrons. The SMILES string of the molecule is COCCOc1ccc(-c2ccc3nccc(C(=O)O)c3c2)cc1. The van der Waals surface area contributed by atoms with E-state index in [1.54, 1.807) is 7.11 Å². The molecule has 0 saturated carbocycles. The van der Waals surface area contributed by atoms with Crippen LogP contribution in [0.3, 0.4) is 0 Å². The third-order valence-corrected chi connectivity index (χ3v) is 3.72. The van der Waals surface area contributed by atoms with Crippen molar-refractivity contribution < 1.29 is 19.4 Å². The van der Waals surface area contributed by atoms with Gasteiger partial charge in [-0.25, -0.2) is 4.79 Å². The van der Waals surface area contributed by atoms with Crippen molar-refractivity contribution in [3.05, 3.63) is 60.3 Å². The van der Waals surface area contributed by atoms with Gasteiger partial charge in [0.25, 0.3) is 0 Å². The van der Waals surface area contributed by atoms with E-state index >= 15 is 0 Å². The van der Waals surface area contributed by atoms with Gasteiger partial charge in [0.1, 0.15) is 12.4 Å². The molecule has 0 spiro atoms. The number of hydrogen-bond acceptors (Lipinski definition) is 4. The molecule has 0 fully saturated rings. The van der Waals surface area contributed by atoms with Crippen molar-refractivity contribution in [1.82, 2.24) is 4.98 Å². The van der Waals surface area contributed by atoms with E-state index in [0.717, 1.165) is 16.9 Å². The Kier molecular flexibility index (Phi) is 4.72. The molecule has 0 aliphatic heterocycles. The molecule has 0 unspecified atom stereocenters. The summed E-state index contributed by atoms with van der Waals surface area (Å²) in [4.78, 5) is 15.6. The van der Waals surface area contributed by atoms with Gasteiger partial charge in [-0.2, -0.15) is 0 Å². The first-order valence-corrected chi connectivity index (χ1v) is 7.53. The third kappa shape index (κ3) is 3.36. The fourth-order valence-corrected chi connectivity index (χ4v) is 2.50. The van der Waals surface area contributed by atoms with E-state index in [0.29, 0.717) is 24.1 Å². The minimum absolute atomic E-state index is 0.251. The lowest BCUT2D eigenvalue weighted by molar-refractivity contribution is 0.0699. The predicted octanol–water partition coefficient (Wildman–Crippen LogP) is 3.63. The standard InChI is InChI=1S/C19H17NO4/c1-23-10-11-24-15-5-2-13(3-6-15)14-4-7-18-17(12-14)16(19(21)22)8-9-20-18/h2-9,12H,10-11H2,1H3,(H,21,22). The molecule has 0 aliphatic carbocycles. The minimum Gasteiger partial charge on any atom is -0.491 e. The zero-order valence-electron chi connectivity index (χ0n) is 13.2. The average molecular weight is 323 g/mol. The topological polar surface area (TPSA) is 68.7 Å². The molecule has 3 rings (SSSR count). The van der Waals surface area contributed by atoms with Crippen molar-refractivity contribution in [2.45, 2.75) is 0 Å². The number of rotatable bonds is 6. The summed E-state index contributed by atoms with van der Waals surface area (Å²) >= 11 is 0. The highest BCUT2D eigenvalue weighted by molar-refractivity contribution is 6.03. The van der Waals surface area contributed by atoms with Crippen LogP contribution in [0.4, 0.5) is 0 Å². The van der Waals surface area contributed by atoms with Gasteiger partial charge < -0.3 is 14.6 Å². The summed E-state index contributed by atoms with van der Waals surface area (Å²) < 4.78 is 10.5. The third-order valence-electron chi connectivity index (χ3n) is 3.72. The molecule has 24 heavy (non-hydrogen) atoms. The number of carboxylic acids is 1. The van der Waals surface area contributed by atoms with E-state index in [1.165, 1.54) is 12.3 Å². The van der Waals surface area contributed by atoms with E-state index in [4.69, 9.17) is 9.47 Å². The van der Waals surface area contributed by atoms with E-state index in [-0.39, 0.29) is 5.56 Å². The molecule has 0 saturated heterocycles. The van der Waals surface area contributed by atoms with E-state index < -0.39 is 5.97 Å². The summed E-state index contributed by atoms with van der Waals surface area (Å²) in [6.07, 6.45) is 1.51. The van der Waals surface area contributed by atoms with Gasteiger partial charge in [-0.05, 0) is 41.5 Å². The zero-order chi connectivity index (χ0) is 16.9. The molecule has 5 heteroatoms. The van der Waals surface area contributed by atoms with Crippen LogP contribution < -0.4 is 4.74 Å². The molecule has 1 heterocycles. The van der Waals surface area contributed by atoms with Crippen LogP contribution in [0.1, 0.15) is 10.4 Å². The second kappa shape index (κ2) is 7.10. The summed E-state index contributed by atoms with van der Waals surface area (Å²) in [5.41, 5.74) is 2.83. The Morgan fingerprint density at radius 1 is 1.04 bits per heavy atom. The van der Waals surface area contributed by atoms with Crippen LogP contribution in [0.5, 0.6) is 5.75 Å². The van der Waals surface area contributed by atoms with Crippen LogP contribution in [0.15, 0.2) is 54.7 Å². The fourth-order valence-electron chi connectivity index (χ4n) is 2.50. The first-order chi connectivity index (χ1) is 11.7. The van der Waals surface area contributed by atoms with Crippen molar-refractivity contribution in [1.29, 1.82) is 0 Å². The van der Waals surface area contributed by atoms with Gasteiger partial charge in [-0.3, -0.25) is 4.98 Å². The van der Waals surface area contributed by atoms with Gasteiger partial charge in [0.15, 0.2) is 0 Å². The maximum absolute atomic E-state index is 11.4. The van der Waals surface area contributed by atoms with Crippen LogP contribution in [0.25, 0.3) is 22.0 Å². The molecule has 122 valence electrons. The lowest BCUT2D eigenvalue weighted by Gasteiger charge is -2.08. The summed E-state index contributed by atoms with van der Waals surface area (Å²) in [7, 11) is 1.63. The summed E-state index contributed by atoms with van der Waals surface area (Å²) in [6, 6.07) is 14.8. The Balaban J connectivity index is 1.91. The first-order valence-electron chi connectivity index (χ1n) is 7.53. The van der Waals surface area contributed by atoms with Gasteiger partial charge in [0.05, 0.1) is 17.7 Å². The number of carbonyl (C=O) groups is 1. The molecule has 5 nitrogen and oxygen atoms in total. The quantitative estimate of drug-likeness (QED) is 0.702. The Morgan fingerprint density at radius 2 is 1.79 bits per heavy atom. The Hall–Kier alpha value is -2.92. The summed E-state index contributed by atoms with van der Waals surface area (Å²) in [5.74, 6) is -0.189. The van der Waals surface area contributed by atoms with Crippen LogP contribution >= 0.6 is 0 Å². The summed E-state index contributed by atoms with van der Waals surface area (Å²) in [6.45, 7) is 1.04. The van der Waals surface area contributed by atoms with Crippen molar-refractivity contribution in [2.24, 2.45) is 0 Å². The number of ether oxygens (including phenoxy) is 2. The van der Waals surface area contributed by atoms with Gasteiger partial charge in [-0.15, -0.1) is 0 Å². The van der Waals surface area contributed by atoms with Gasteiger partial charge in [-0.1, -0.05) is 18.2 Å². The molecular formula is C19H17NO4. The zero-order valence-corrected chi connectivity index (χ0v) is 13.2. The van der Waals surface area contributed by atoms with Crippen molar-refractivity contribution in [3.8, 4) is 16.9 Å². The number of methoxy groups -OCH3 is 1. The van der Waals surface area contributed by atoms with Gasteiger partial charge in [0.2, 0.25) is 0 Å². The molecule has 1 N–H and O–H groups in total. The largest absolute Gasteiger partial charge is 0.491 e. The van der Waals surface area contributed by atoms with Crippen LogP contribution in [-0.2, 0) is 4.74 Å². The predicted molar refractivity (Wildman–Crippen MR) is 91.5 cm³/mol. The highest BCUT2D eigenvalue weighted by Gasteiger charge is 2.10. The number of benzene rings is 2. The Bertz CT molecular complexity index is 859. The second-order valence-corrected chi connectivity index (χ2v) is 5.26. The maximum atomic E-state index is 11.4. The number of hydrogen-bond donors (Lipinski definition) is 1. The number of pyridine rings is 1. The molecular weight excluding hydrogens is 306 g/mol. The first kappa shape index (κ1) is 16.0. The fraction of sp³-hybridized carbons (Fsp3) is 0.158. The molecule has 0 aliphatic rings. The lowest BCUT2D eigenvalue weighted by Crippen LogP contribution is -2.03. The summed E-state index contributed by atoms with van der Waals surface area (Å²) in [5, 5.41) is 9.96. The number of nitrogens with zero attached hydrogens (tertiary/aromatic N) is 1. The van der Waals surface area contributed by atoms with Crippen molar-refractivity contribution in [3.63, 3.8) is 0 Å². The van der Waals surface area contributed by atoms with Crippen molar-refractivity contribution in [2.75, 3.05) is 20.3 Å². The normalized spacial score (nSPS) is 10.7. The number of fused-ring (bicyclic) bond motifs is 1. The van der Waals surface area contributed by atoms with E-state index in [9.17, 15) is 9.90 Å². The Labute approximate surface area is 139 Å².